The second kappa shape index (κ2) is 6.81. The van der Waals surface area contributed by atoms with Gasteiger partial charge in [-0.25, -0.2) is 0 Å². The number of hydrogen-bond donors (Lipinski definition) is 1. The summed E-state index contributed by atoms with van der Waals surface area (Å²) in [5.74, 6) is 0. The zero-order valence-corrected chi connectivity index (χ0v) is 14.2. The molecule has 1 heterocycles. The molecule has 0 bridgehead atoms. The predicted octanol–water partition coefficient (Wildman–Crippen LogP) is 4.09. The maximum atomic E-state index is 11.1. The third-order valence-corrected chi connectivity index (χ3v) is 4.30. The SMILES string of the molecule is Cn1c(Cl)c(/C=N/Nc2ccc([N+](=O)[O-])cc2[N+](=O)[O-])c2ccccc21. The third-order valence-electron chi connectivity index (χ3n) is 3.84. The van der Waals surface area contributed by atoms with Crippen LogP contribution in [0.2, 0.25) is 5.15 Å². The minimum atomic E-state index is -0.713. The molecule has 0 atom stereocenters. The summed E-state index contributed by atoms with van der Waals surface area (Å²) in [7, 11) is 1.82. The lowest BCUT2D eigenvalue weighted by atomic mass is 10.2. The van der Waals surface area contributed by atoms with Gasteiger partial charge in [0, 0.05) is 29.6 Å². The summed E-state index contributed by atoms with van der Waals surface area (Å²) in [5.41, 5.74) is 3.34. The van der Waals surface area contributed by atoms with E-state index in [9.17, 15) is 20.2 Å². The molecular formula is C16H12ClN5O4. The molecule has 10 heteroatoms. The van der Waals surface area contributed by atoms with E-state index < -0.39 is 15.5 Å². The van der Waals surface area contributed by atoms with Crippen molar-refractivity contribution >= 4 is 45.8 Å². The van der Waals surface area contributed by atoms with Crippen LogP contribution in [0.1, 0.15) is 5.56 Å². The van der Waals surface area contributed by atoms with Gasteiger partial charge in [-0.15, -0.1) is 0 Å². The summed E-state index contributed by atoms with van der Waals surface area (Å²) in [6.45, 7) is 0. The van der Waals surface area contributed by atoms with E-state index in [1.165, 1.54) is 12.3 Å². The first-order valence-electron chi connectivity index (χ1n) is 7.35. The van der Waals surface area contributed by atoms with Gasteiger partial charge in [-0.1, -0.05) is 29.8 Å². The molecule has 0 aliphatic heterocycles. The van der Waals surface area contributed by atoms with Crippen LogP contribution in [-0.2, 0) is 7.05 Å². The lowest BCUT2D eigenvalue weighted by Crippen LogP contribution is -1.98. The quantitative estimate of drug-likeness (QED) is 0.410. The monoisotopic (exact) mass is 373 g/mol. The van der Waals surface area contributed by atoms with Gasteiger partial charge in [-0.05, 0) is 12.1 Å². The van der Waals surface area contributed by atoms with Gasteiger partial charge >= 0.3 is 5.69 Å². The number of nitrogens with zero attached hydrogens (tertiary/aromatic N) is 4. The van der Waals surface area contributed by atoms with Gasteiger partial charge in [-0.2, -0.15) is 5.10 Å². The van der Waals surface area contributed by atoms with E-state index in [1.807, 2.05) is 31.3 Å². The van der Waals surface area contributed by atoms with Gasteiger partial charge in [0.05, 0.1) is 22.1 Å². The maximum absolute atomic E-state index is 11.1. The van der Waals surface area contributed by atoms with Crippen molar-refractivity contribution < 1.29 is 9.85 Å². The number of aryl methyl sites for hydroxylation is 1. The Labute approximate surface area is 151 Å². The van der Waals surface area contributed by atoms with E-state index in [0.717, 1.165) is 23.0 Å². The molecule has 1 aromatic heterocycles. The molecule has 0 fully saturated rings. The predicted molar refractivity (Wildman–Crippen MR) is 98.9 cm³/mol. The number of aromatic nitrogens is 1. The second-order valence-corrected chi connectivity index (χ2v) is 5.72. The Kier molecular flexibility index (Phi) is 4.55. The van der Waals surface area contributed by atoms with Crippen LogP contribution in [0.25, 0.3) is 10.9 Å². The summed E-state index contributed by atoms with van der Waals surface area (Å²) < 4.78 is 1.80. The summed E-state index contributed by atoms with van der Waals surface area (Å²) >= 11 is 6.32. The number of rotatable bonds is 5. The first-order valence-corrected chi connectivity index (χ1v) is 7.72. The molecule has 3 rings (SSSR count). The van der Waals surface area contributed by atoms with Gasteiger partial charge in [0.2, 0.25) is 0 Å². The molecule has 0 unspecified atom stereocenters. The highest BCUT2D eigenvalue weighted by Crippen LogP contribution is 2.30. The van der Waals surface area contributed by atoms with Crippen molar-refractivity contribution in [2.75, 3.05) is 5.43 Å². The highest BCUT2D eigenvalue weighted by atomic mass is 35.5. The highest BCUT2D eigenvalue weighted by Gasteiger charge is 2.19. The number of hydrogen-bond acceptors (Lipinski definition) is 6. The van der Waals surface area contributed by atoms with Crippen LogP contribution in [0.5, 0.6) is 0 Å². The van der Waals surface area contributed by atoms with E-state index in [0.29, 0.717) is 10.7 Å². The molecular weight excluding hydrogens is 362 g/mol. The fourth-order valence-corrected chi connectivity index (χ4v) is 2.80. The van der Waals surface area contributed by atoms with Gasteiger partial charge in [0.1, 0.15) is 10.8 Å². The first-order chi connectivity index (χ1) is 12.4. The average Bonchev–Trinajstić information content (AvgIpc) is 2.86. The lowest BCUT2D eigenvalue weighted by molar-refractivity contribution is -0.393. The third kappa shape index (κ3) is 3.07. The number of anilines is 1. The molecule has 0 aliphatic rings. The largest absolute Gasteiger partial charge is 0.334 e. The average molecular weight is 374 g/mol. The van der Waals surface area contributed by atoms with Crippen molar-refractivity contribution in [2.24, 2.45) is 12.1 Å². The number of non-ortho nitro benzene ring substituents is 1. The van der Waals surface area contributed by atoms with Crippen molar-refractivity contribution in [3.63, 3.8) is 0 Å². The number of nitrogens with one attached hydrogen (secondary N) is 1. The van der Waals surface area contributed by atoms with Gasteiger partial charge in [-0.3, -0.25) is 25.7 Å². The Morgan fingerprint density at radius 3 is 2.58 bits per heavy atom. The molecule has 3 aromatic rings. The van der Waals surface area contributed by atoms with Crippen LogP contribution in [0.15, 0.2) is 47.6 Å². The number of nitro groups is 2. The Morgan fingerprint density at radius 2 is 1.88 bits per heavy atom. The number of para-hydroxylation sites is 1. The minimum absolute atomic E-state index is 0.0354. The second-order valence-electron chi connectivity index (χ2n) is 5.37. The molecule has 26 heavy (non-hydrogen) atoms. The molecule has 0 saturated heterocycles. The van der Waals surface area contributed by atoms with Crippen molar-refractivity contribution in [1.82, 2.24) is 4.57 Å². The number of hydrazone groups is 1. The Hall–Kier alpha value is -3.46. The first kappa shape index (κ1) is 17.4. The van der Waals surface area contributed by atoms with Crippen molar-refractivity contribution in [2.45, 2.75) is 0 Å². The molecule has 2 aromatic carbocycles. The molecule has 0 saturated carbocycles. The number of halogens is 1. The summed E-state index contributed by atoms with van der Waals surface area (Å²) in [6.07, 6.45) is 1.45. The van der Waals surface area contributed by atoms with Crippen LogP contribution in [0.3, 0.4) is 0 Å². The maximum Gasteiger partial charge on any atom is 0.301 e. The molecule has 1 N–H and O–H groups in total. The number of fused-ring (bicyclic) bond motifs is 1. The molecule has 0 spiro atoms. The topological polar surface area (TPSA) is 116 Å². The summed E-state index contributed by atoms with van der Waals surface area (Å²) in [4.78, 5) is 20.5. The standard InChI is InChI=1S/C16H12ClN5O4/c1-20-14-5-3-2-4-11(14)12(16(20)17)9-18-19-13-7-6-10(21(23)24)8-15(13)22(25)26/h2-9,19H,1H3/b18-9+. The lowest BCUT2D eigenvalue weighted by Gasteiger charge is -2.02. The van der Waals surface area contributed by atoms with Crippen LogP contribution >= 0.6 is 11.6 Å². The molecule has 0 aliphatic carbocycles. The number of benzene rings is 2. The van der Waals surface area contributed by atoms with Crippen molar-refractivity contribution in [1.29, 1.82) is 0 Å². The zero-order chi connectivity index (χ0) is 18.8. The van der Waals surface area contributed by atoms with E-state index in [2.05, 4.69) is 10.5 Å². The van der Waals surface area contributed by atoms with E-state index in [4.69, 9.17) is 11.6 Å². The zero-order valence-electron chi connectivity index (χ0n) is 13.4. The minimum Gasteiger partial charge on any atom is -0.334 e. The van der Waals surface area contributed by atoms with Gasteiger partial charge in [0.15, 0.2) is 0 Å². The summed E-state index contributed by atoms with van der Waals surface area (Å²) in [5, 5.41) is 27.2. The van der Waals surface area contributed by atoms with Crippen molar-refractivity contribution in [3.05, 3.63) is 73.4 Å². The highest BCUT2D eigenvalue weighted by molar-refractivity contribution is 6.34. The number of nitro benzene ring substituents is 2. The molecule has 0 amide bonds. The smallest absolute Gasteiger partial charge is 0.301 e. The van der Waals surface area contributed by atoms with Crippen LogP contribution in [-0.4, -0.2) is 20.6 Å². The molecule has 0 radical (unpaired) electrons. The van der Waals surface area contributed by atoms with E-state index >= 15 is 0 Å². The van der Waals surface area contributed by atoms with Gasteiger partial charge < -0.3 is 4.57 Å². The Balaban J connectivity index is 1.94. The fourth-order valence-electron chi connectivity index (χ4n) is 2.56. The van der Waals surface area contributed by atoms with Crippen molar-refractivity contribution in [3.8, 4) is 0 Å². The normalized spacial score (nSPS) is 11.2. The fraction of sp³-hybridized carbons (Fsp3) is 0.0625. The molecule has 132 valence electrons. The Bertz CT molecular complexity index is 1060. The van der Waals surface area contributed by atoms with Gasteiger partial charge in [0.25, 0.3) is 5.69 Å². The van der Waals surface area contributed by atoms with E-state index in [-0.39, 0.29) is 11.4 Å². The van der Waals surface area contributed by atoms with Crippen LogP contribution < -0.4 is 5.43 Å². The van der Waals surface area contributed by atoms with Crippen LogP contribution in [0, 0.1) is 20.2 Å². The molecule has 9 nitrogen and oxygen atoms in total. The van der Waals surface area contributed by atoms with E-state index in [1.54, 1.807) is 4.57 Å². The Morgan fingerprint density at radius 1 is 1.15 bits per heavy atom. The van der Waals surface area contributed by atoms with Crippen LogP contribution in [0.4, 0.5) is 17.1 Å². The summed E-state index contributed by atoms with van der Waals surface area (Å²) in [6, 6.07) is 10.8.